The fourth-order valence-electron chi connectivity index (χ4n) is 5.12. The van der Waals surface area contributed by atoms with Gasteiger partial charge in [-0.15, -0.1) is 0 Å². The quantitative estimate of drug-likeness (QED) is 0.324. The molecule has 0 fully saturated rings. The largest absolute Gasteiger partial charge is 0.493 e. The maximum absolute atomic E-state index is 6.27. The van der Waals surface area contributed by atoms with Crippen LogP contribution in [0.15, 0.2) is 71.4 Å². The molecule has 7 nitrogen and oxygen atoms in total. The summed E-state index contributed by atoms with van der Waals surface area (Å²) in [6.45, 7) is 2.89. The number of methoxy groups -OCH3 is 2. The molecule has 182 valence electrons. The van der Waals surface area contributed by atoms with Crippen molar-refractivity contribution < 1.29 is 13.9 Å². The first-order valence-electron chi connectivity index (χ1n) is 12.2. The van der Waals surface area contributed by atoms with Crippen molar-refractivity contribution in [3.8, 4) is 22.6 Å². The van der Waals surface area contributed by atoms with E-state index in [9.17, 15) is 0 Å². The van der Waals surface area contributed by atoms with Gasteiger partial charge in [0.25, 0.3) is 0 Å². The Kier molecular flexibility index (Phi) is 5.60. The molecule has 1 atom stereocenters. The third-order valence-electron chi connectivity index (χ3n) is 6.95. The summed E-state index contributed by atoms with van der Waals surface area (Å²) in [7, 11) is 3.26. The molecule has 0 amide bonds. The van der Waals surface area contributed by atoms with Crippen LogP contribution >= 0.6 is 0 Å². The number of ether oxygens (including phenoxy) is 2. The molecule has 36 heavy (non-hydrogen) atoms. The molecule has 1 aliphatic rings. The lowest BCUT2D eigenvalue weighted by Gasteiger charge is -2.34. The van der Waals surface area contributed by atoms with E-state index in [0.29, 0.717) is 17.4 Å². The molecule has 6 rings (SSSR count). The smallest absolute Gasteiger partial charge is 0.226 e. The number of nitrogens with zero attached hydrogens (tertiary/aromatic N) is 3. The summed E-state index contributed by atoms with van der Waals surface area (Å²) in [5.41, 5.74) is 5.49. The van der Waals surface area contributed by atoms with Gasteiger partial charge < -0.3 is 23.8 Å². The molecule has 0 spiro atoms. The van der Waals surface area contributed by atoms with Crippen LogP contribution in [-0.2, 0) is 12.8 Å². The lowest BCUT2D eigenvalue weighted by Crippen LogP contribution is -2.37. The standard InChI is InChI=1S/C29H28N4O3/c1-4-20-10-12-25(36-20)28-27-22(21-7-5-6-8-23(21)32-27)13-14-33(28)29-30-16-19(17-31-29)18-9-11-24(34-2)26(15-18)35-3/h5-12,15-17,28,32H,4,13-14H2,1-3H3. The Hall–Kier alpha value is -4.26. The first-order valence-corrected chi connectivity index (χ1v) is 12.2. The van der Waals surface area contributed by atoms with Gasteiger partial charge in [-0.25, -0.2) is 9.97 Å². The van der Waals surface area contributed by atoms with Crippen LogP contribution in [0.5, 0.6) is 11.5 Å². The molecule has 0 radical (unpaired) electrons. The van der Waals surface area contributed by atoms with Crippen molar-refractivity contribution in [2.45, 2.75) is 25.8 Å². The van der Waals surface area contributed by atoms with Crippen LogP contribution in [0.2, 0.25) is 0 Å². The van der Waals surface area contributed by atoms with Crippen molar-refractivity contribution in [2.75, 3.05) is 25.7 Å². The minimum Gasteiger partial charge on any atom is -0.493 e. The summed E-state index contributed by atoms with van der Waals surface area (Å²) >= 11 is 0. The fourth-order valence-corrected chi connectivity index (χ4v) is 5.12. The van der Waals surface area contributed by atoms with E-state index in [1.54, 1.807) is 14.2 Å². The number of furan rings is 1. The van der Waals surface area contributed by atoms with Gasteiger partial charge in [0.15, 0.2) is 11.5 Å². The summed E-state index contributed by atoms with van der Waals surface area (Å²) in [5.74, 6) is 3.90. The van der Waals surface area contributed by atoms with Crippen molar-refractivity contribution in [3.05, 3.63) is 89.8 Å². The molecule has 0 saturated carbocycles. The molecule has 1 aliphatic heterocycles. The van der Waals surface area contributed by atoms with E-state index >= 15 is 0 Å². The summed E-state index contributed by atoms with van der Waals surface area (Å²) < 4.78 is 17.1. The SMILES string of the molecule is CCc1ccc(C2c3[nH]c4ccccc4c3CCN2c2ncc(-c3ccc(OC)c(OC)c3)cn2)o1. The number of anilines is 1. The van der Waals surface area contributed by atoms with E-state index in [2.05, 4.69) is 53.2 Å². The van der Waals surface area contributed by atoms with Crippen molar-refractivity contribution in [1.29, 1.82) is 0 Å². The number of hydrogen-bond acceptors (Lipinski definition) is 6. The average Bonchev–Trinajstić information content (AvgIpc) is 3.57. The van der Waals surface area contributed by atoms with Crippen molar-refractivity contribution in [1.82, 2.24) is 15.0 Å². The van der Waals surface area contributed by atoms with Gasteiger partial charge in [0.05, 0.1) is 19.9 Å². The fraction of sp³-hybridized carbons (Fsp3) is 0.241. The van der Waals surface area contributed by atoms with Gasteiger partial charge in [-0.2, -0.15) is 0 Å². The number of rotatable bonds is 6. The molecule has 4 heterocycles. The molecule has 3 aromatic heterocycles. The molecular weight excluding hydrogens is 452 g/mol. The van der Waals surface area contributed by atoms with Crippen LogP contribution < -0.4 is 14.4 Å². The predicted octanol–water partition coefficient (Wildman–Crippen LogP) is 5.95. The predicted molar refractivity (Wildman–Crippen MR) is 140 cm³/mol. The maximum Gasteiger partial charge on any atom is 0.226 e. The minimum atomic E-state index is -0.131. The molecule has 5 aromatic rings. The van der Waals surface area contributed by atoms with Gasteiger partial charge in [0.2, 0.25) is 5.95 Å². The van der Waals surface area contributed by atoms with Gasteiger partial charge in [-0.05, 0) is 47.9 Å². The number of hydrogen-bond donors (Lipinski definition) is 1. The lowest BCUT2D eigenvalue weighted by molar-refractivity contribution is 0.355. The molecule has 7 heteroatoms. The molecular formula is C29H28N4O3. The van der Waals surface area contributed by atoms with E-state index in [1.807, 2.05) is 30.6 Å². The monoisotopic (exact) mass is 480 g/mol. The van der Waals surface area contributed by atoms with Gasteiger partial charge >= 0.3 is 0 Å². The van der Waals surface area contributed by atoms with Crippen molar-refractivity contribution in [3.63, 3.8) is 0 Å². The van der Waals surface area contributed by atoms with E-state index in [1.165, 1.54) is 10.9 Å². The Morgan fingerprint density at radius 3 is 2.53 bits per heavy atom. The zero-order chi connectivity index (χ0) is 24.6. The number of benzene rings is 2. The van der Waals surface area contributed by atoms with Gasteiger partial charge in [-0.1, -0.05) is 31.2 Å². The number of aromatic nitrogens is 3. The molecule has 2 aromatic carbocycles. The van der Waals surface area contributed by atoms with Crippen LogP contribution in [0.4, 0.5) is 5.95 Å². The Morgan fingerprint density at radius 1 is 0.972 bits per heavy atom. The summed E-state index contributed by atoms with van der Waals surface area (Å²) in [4.78, 5) is 15.5. The Bertz CT molecular complexity index is 1520. The van der Waals surface area contributed by atoms with Crippen LogP contribution in [0.1, 0.15) is 35.7 Å². The second-order valence-electron chi connectivity index (χ2n) is 8.91. The van der Waals surface area contributed by atoms with Gasteiger partial charge in [0.1, 0.15) is 17.6 Å². The van der Waals surface area contributed by atoms with Crippen molar-refractivity contribution >= 4 is 16.9 Å². The second-order valence-corrected chi connectivity index (χ2v) is 8.91. The number of para-hydroxylation sites is 1. The highest BCUT2D eigenvalue weighted by molar-refractivity contribution is 5.85. The number of nitrogens with one attached hydrogen (secondary N) is 1. The Labute approximate surface area is 209 Å². The zero-order valence-corrected chi connectivity index (χ0v) is 20.6. The maximum atomic E-state index is 6.27. The third-order valence-corrected chi connectivity index (χ3v) is 6.95. The van der Waals surface area contributed by atoms with E-state index in [0.717, 1.165) is 53.2 Å². The zero-order valence-electron chi connectivity index (χ0n) is 20.6. The summed E-state index contributed by atoms with van der Waals surface area (Å²) in [6, 6.07) is 18.3. The minimum absolute atomic E-state index is 0.131. The van der Waals surface area contributed by atoms with Crippen LogP contribution in [0.25, 0.3) is 22.0 Å². The molecule has 0 saturated heterocycles. The number of fused-ring (bicyclic) bond motifs is 3. The third kappa shape index (κ3) is 3.68. The van der Waals surface area contributed by atoms with E-state index in [4.69, 9.17) is 23.9 Å². The van der Waals surface area contributed by atoms with Crippen LogP contribution in [-0.4, -0.2) is 35.7 Å². The lowest BCUT2D eigenvalue weighted by atomic mass is 9.96. The van der Waals surface area contributed by atoms with E-state index < -0.39 is 0 Å². The number of aryl methyl sites for hydroxylation is 1. The number of aromatic amines is 1. The van der Waals surface area contributed by atoms with Gasteiger partial charge in [0, 0.05) is 41.8 Å². The average molecular weight is 481 g/mol. The highest BCUT2D eigenvalue weighted by atomic mass is 16.5. The second kappa shape index (κ2) is 9.07. The molecule has 1 unspecified atom stereocenters. The highest BCUT2D eigenvalue weighted by Crippen LogP contribution is 2.40. The summed E-state index contributed by atoms with van der Waals surface area (Å²) in [5, 5.41) is 1.27. The van der Waals surface area contributed by atoms with E-state index in [-0.39, 0.29) is 6.04 Å². The van der Waals surface area contributed by atoms with Gasteiger partial charge in [-0.3, -0.25) is 0 Å². The Morgan fingerprint density at radius 2 is 1.78 bits per heavy atom. The summed E-state index contributed by atoms with van der Waals surface area (Å²) in [6.07, 6.45) is 5.47. The molecule has 1 N–H and O–H groups in total. The van der Waals surface area contributed by atoms with Crippen LogP contribution in [0.3, 0.4) is 0 Å². The Balaban J connectivity index is 1.40. The first kappa shape index (κ1) is 22.2. The molecule has 0 aliphatic carbocycles. The first-order chi connectivity index (χ1) is 17.7. The normalized spacial score (nSPS) is 15.2. The topological polar surface area (TPSA) is 76.4 Å². The van der Waals surface area contributed by atoms with Crippen LogP contribution in [0, 0.1) is 0 Å². The number of H-pyrrole nitrogens is 1. The molecule has 0 bridgehead atoms. The van der Waals surface area contributed by atoms with Crippen molar-refractivity contribution in [2.24, 2.45) is 0 Å². The highest BCUT2D eigenvalue weighted by Gasteiger charge is 2.35.